The molecular formula is C9H13N5. The second-order valence-electron chi connectivity index (χ2n) is 3.23. The number of nitrogens with two attached hydrogens (primary N) is 1. The molecule has 2 heterocycles. The number of nitrogens with zero attached hydrogens (tertiary/aromatic N) is 4. The standard InChI is InChI=1S/C9H13N5/c1-8-7-14(12-9(8)10)6-5-13-4-2-3-11-13/h2-4,7H,5-6H2,1H3,(H2,10,12). The van der Waals surface area contributed by atoms with Crippen LogP contribution in [0, 0.1) is 6.92 Å². The second-order valence-corrected chi connectivity index (χ2v) is 3.23. The number of hydrogen-bond donors (Lipinski definition) is 1. The van der Waals surface area contributed by atoms with E-state index in [1.165, 1.54) is 0 Å². The van der Waals surface area contributed by atoms with E-state index in [0.717, 1.165) is 18.7 Å². The zero-order valence-electron chi connectivity index (χ0n) is 8.09. The summed E-state index contributed by atoms with van der Waals surface area (Å²) in [6.45, 7) is 3.56. The van der Waals surface area contributed by atoms with Crippen molar-refractivity contribution in [3.05, 3.63) is 30.2 Å². The van der Waals surface area contributed by atoms with Gasteiger partial charge in [-0.2, -0.15) is 10.2 Å². The van der Waals surface area contributed by atoms with E-state index in [0.29, 0.717) is 5.82 Å². The van der Waals surface area contributed by atoms with Crippen molar-refractivity contribution < 1.29 is 0 Å². The van der Waals surface area contributed by atoms with E-state index in [2.05, 4.69) is 10.2 Å². The molecular weight excluding hydrogens is 178 g/mol. The monoisotopic (exact) mass is 191 g/mol. The minimum atomic E-state index is 0.602. The van der Waals surface area contributed by atoms with Crippen LogP contribution in [0.2, 0.25) is 0 Å². The van der Waals surface area contributed by atoms with Crippen molar-refractivity contribution in [1.29, 1.82) is 0 Å². The fraction of sp³-hybridized carbons (Fsp3) is 0.333. The van der Waals surface area contributed by atoms with Gasteiger partial charge < -0.3 is 5.73 Å². The van der Waals surface area contributed by atoms with Crippen LogP contribution in [0.25, 0.3) is 0 Å². The molecule has 0 amide bonds. The molecule has 0 aliphatic heterocycles. The second kappa shape index (κ2) is 3.53. The minimum Gasteiger partial charge on any atom is -0.382 e. The van der Waals surface area contributed by atoms with Crippen molar-refractivity contribution >= 4 is 5.82 Å². The molecule has 0 fully saturated rings. The average molecular weight is 191 g/mol. The van der Waals surface area contributed by atoms with E-state index >= 15 is 0 Å². The van der Waals surface area contributed by atoms with Crippen molar-refractivity contribution in [2.24, 2.45) is 0 Å². The van der Waals surface area contributed by atoms with Crippen LogP contribution in [0.15, 0.2) is 24.7 Å². The van der Waals surface area contributed by atoms with E-state index in [1.54, 1.807) is 6.20 Å². The molecule has 0 unspecified atom stereocenters. The molecule has 0 spiro atoms. The molecule has 14 heavy (non-hydrogen) atoms. The first kappa shape index (κ1) is 8.80. The zero-order chi connectivity index (χ0) is 9.97. The third-order valence-corrected chi connectivity index (χ3v) is 2.10. The molecule has 0 radical (unpaired) electrons. The Morgan fingerprint density at radius 2 is 2.14 bits per heavy atom. The maximum absolute atomic E-state index is 5.64. The van der Waals surface area contributed by atoms with Gasteiger partial charge in [0.15, 0.2) is 0 Å². The Morgan fingerprint density at radius 1 is 1.36 bits per heavy atom. The fourth-order valence-electron chi connectivity index (χ4n) is 1.29. The van der Waals surface area contributed by atoms with Crippen LogP contribution >= 0.6 is 0 Å². The number of aromatic nitrogens is 4. The fourth-order valence-corrected chi connectivity index (χ4v) is 1.29. The summed E-state index contributed by atoms with van der Waals surface area (Å²) in [5.41, 5.74) is 6.65. The summed E-state index contributed by atoms with van der Waals surface area (Å²) in [6, 6.07) is 1.91. The Kier molecular flexibility index (Phi) is 2.22. The third kappa shape index (κ3) is 1.76. The predicted octanol–water partition coefficient (Wildman–Crippen LogP) is 0.670. The van der Waals surface area contributed by atoms with Crippen LogP contribution in [0.4, 0.5) is 5.82 Å². The maximum Gasteiger partial charge on any atom is 0.148 e. The van der Waals surface area contributed by atoms with Crippen molar-refractivity contribution in [3.63, 3.8) is 0 Å². The Morgan fingerprint density at radius 3 is 2.71 bits per heavy atom. The van der Waals surface area contributed by atoms with E-state index in [4.69, 9.17) is 5.73 Å². The molecule has 5 nitrogen and oxygen atoms in total. The van der Waals surface area contributed by atoms with Gasteiger partial charge in [-0.05, 0) is 13.0 Å². The molecule has 0 aliphatic carbocycles. The Hall–Kier alpha value is -1.78. The quantitative estimate of drug-likeness (QED) is 0.775. The number of hydrogen-bond acceptors (Lipinski definition) is 3. The lowest BCUT2D eigenvalue weighted by Crippen LogP contribution is -2.08. The van der Waals surface area contributed by atoms with Crippen LogP contribution in [-0.4, -0.2) is 19.6 Å². The van der Waals surface area contributed by atoms with Gasteiger partial charge in [0.25, 0.3) is 0 Å². The number of aryl methyl sites for hydroxylation is 3. The van der Waals surface area contributed by atoms with Gasteiger partial charge in [-0.15, -0.1) is 0 Å². The summed E-state index contributed by atoms with van der Waals surface area (Å²) in [5.74, 6) is 0.602. The minimum absolute atomic E-state index is 0.602. The lowest BCUT2D eigenvalue weighted by molar-refractivity contribution is 0.501. The summed E-state index contributed by atoms with van der Waals surface area (Å²) >= 11 is 0. The smallest absolute Gasteiger partial charge is 0.148 e. The highest BCUT2D eigenvalue weighted by Gasteiger charge is 2.00. The molecule has 0 atom stereocenters. The number of rotatable bonds is 3. The van der Waals surface area contributed by atoms with E-state index in [1.807, 2.05) is 34.7 Å². The number of nitrogen functional groups attached to an aromatic ring is 1. The van der Waals surface area contributed by atoms with Crippen molar-refractivity contribution in [3.8, 4) is 0 Å². The van der Waals surface area contributed by atoms with Crippen LogP contribution in [0.3, 0.4) is 0 Å². The van der Waals surface area contributed by atoms with Gasteiger partial charge in [-0.25, -0.2) is 0 Å². The van der Waals surface area contributed by atoms with Crippen LogP contribution in [0.5, 0.6) is 0 Å². The molecule has 0 bridgehead atoms. The summed E-state index contributed by atoms with van der Waals surface area (Å²) in [6.07, 6.45) is 5.64. The molecule has 0 saturated carbocycles. The average Bonchev–Trinajstić information content (AvgIpc) is 2.74. The van der Waals surface area contributed by atoms with Crippen LogP contribution < -0.4 is 5.73 Å². The van der Waals surface area contributed by atoms with Crippen LogP contribution in [-0.2, 0) is 13.1 Å². The molecule has 0 aliphatic rings. The summed E-state index contributed by atoms with van der Waals surface area (Å²) in [7, 11) is 0. The normalized spacial score (nSPS) is 10.6. The molecule has 5 heteroatoms. The highest BCUT2D eigenvalue weighted by atomic mass is 15.3. The summed E-state index contributed by atoms with van der Waals surface area (Å²) < 4.78 is 3.71. The first-order chi connectivity index (χ1) is 6.75. The molecule has 2 N–H and O–H groups in total. The third-order valence-electron chi connectivity index (χ3n) is 2.10. The lowest BCUT2D eigenvalue weighted by atomic mass is 10.4. The topological polar surface area (TPSA) is 61.7 Å². The van der Waals surface area contributed by atoms with Gasteiger partial charge in [0.1, 0.15) is 5.82 Å². The lowest BCUT2D eigenvalue weighted by Gasteiger charge is -2.01. The van der Waals surface area contributed by atoms with Gasteiger partial charge in [-0.1, -0.05) is 0 Å². The maximum atomic E-state index is 5.64. The molecule has 74 valence electrons. The largest absolute Gasteiger partial charge is 0.382 e. The van der Waals surface area contributed by atoms with Gasteiger partial charge >= 0.3 is 0 Å². The van der Waals surface area contributed by atoms with E-state index in [9.17, 15) is 0 Å². The SMILES string of the molecule is Cc1cn(CCn2cccn2)nc1N. The van der Waals surface area contributed by atoms with Crippen molar-refractivity contribution in [2.45, 2.75) is 20.0 Å². The van der Waals surface area contributed by atoms with Gasteiger partial charge in [-0.3, -0.25) is 9.36 Å². The van der Waals surface area contributed by atoms with Gasteiger partial charge in [0.2, 0.25) is 0 Å². The van der Waals surface area contributed by atoms with Gasteiger partial charge in [0, 0.05) is 24.2 Å². The Bertz CT molecular complexity index is 381. The molecule has 2 aromatic rings. The first-order valence-electron chi connectivity index (χ1n) is 4.52. The van der Waals surface area contributed by atoms with Crippen molar-refractivity contribution in [2.75, 3.05) is 5.73 Å². The first-order valence-corrected chi connectivity index (χ1v) is 4.52. The van der Waals surface area contributed by atoms with Gasteiger partial charge in [0.05, 0.1) is 13.1 Å². The summed E-state index contributed by atoms with van der Waals surface area (Å²) in [4.78, 5) is 0. The summed E-state index contributed by atoms with van der Waals surface area (Å²) in [5, 5.41) is 8.27. The van der Waals surface area contributed by atoms with Crippen molar-refractivity contribution in [1.82, 2.24) is 19.6 Å². The molecule has 0 aromatic carbocycles. The van der Waals surface area contributed by atoms with E-state index in [-0.39, 0.29) is 0 Å². The Labute approximate surface area is 82.1 Å². The molecule has 2 aromatic heterocycles. The highest BCUT2D eigenvalue weighted by molar-refractivity contribution is 5.35. The highest BCUT2D eigenvalue weighted by Crippen LogP contribution is 2.05. The zero-order valence-corrected chi connectivity index (χ0v) is 8.09. The number of anilines is 1. The Balaban J connectivity index is 1.98. The predicted molar refractivity (Wildman–Crippen MR) is 53.6 cm³/mol. The molecule has 2 rings (SSSR count). The van der Waals surface area contributed by atoms with Crippen LogP contribution in [0.1, 0.15) is 5.56 Å². The van der Waals surface area contributed by atoms with E-state index < -0.39 is 0 Å². The molecule has 0 saturated heterocycles.